The molecule has 0 saturated carbocycles. The first-order chi connectivity index (χ1) is 12.2. The maximum absolute atomic E-state index is 12.4. The van der Waals surface area contributed by atoms with Gasteiger partial charge in [0, 0.05) is 11.6 Å². The molecule has 0 saturated heterocycles. The topological polar surface area (TPSA) is 72.5 Å². The fraction of sp³-hybridized carbons (Fsp3) is 0.158. The highest BCUT2D eigenvalue weighted by atomic mass is 16.5. The fourth-order valence-electron chi connectivity index (χ4n) is 2.55. The SMILES string of the molecule is CCOc1ccccc1NC(=O)Nc1ccc2cccnc2c1OC. The Bertz CT molecular complexity index is 896. The molecule has 0 spiro atoms. The van der Waals surface area contributed by atoms with E-state index in [0.717, 1.165) is 5.39 Å². The monoisotopic (exact) mass is 337 g/mol. The second-order valence-corrected chi connectivity index (χ2v) is 5.23. The minimum atomic E-state index is -0.388. The highest BCUT2D eigenvalue weighted by Gasteiger charge is 2.13. The summed E-state index contributed by atoms with van der Waals surface area (Å²) in [6.45, 7) is 2.41. The van der Waals surface area contributed by atoms with E-state index in [1.54, 1.807) is 31.5 Å². The predicted molar refractivity (Wildman–Crippen MR) is 98.5 cm³/mol. The number of hydrogen-bond acceptors (Lipinski definition) is 4. The molecule has 0 aliphatic carbocycles. The first kappa shape index (κ1) is 16.6. The van der Waals surface area contributed by atoms with Crippen LogP contribution in [0.5, 0.6) is 11.5 Å². The number of fused-ring (bicyclic) bond motifs is 1. The average Bonchev–Trinajstić information content (AvgIpc) is 2.63. The van der Waals surface area contributed by atoms with Gasteiger partial charge in [-0.2, -0.15) is 0 Å². The number of anilines is 2. The number of nitrogens with zero attached hydrogens (tertiary/aromatic N) is 1. The molecule has 2 aromatic carbocycles. The maximum atomic E-state index is 12.4. The number of rotatable bonds is 5. The fourth-order valence-corrected chi connectivity index (χ4v) is 2.55. The third-order valence-corrected chi connectivity index (χ3v) is 3.62. The van der Waals surface area contributed by atoms with Crippen LogP contribution in [0.25, 0.3) is 10.9 Å². The largest absolute Gasteiger partial charge is 0.492 e. The Kier molecular flexibility index (Phi) is 4.99. The van der Waals surface area contributed by atoms with Crippen molar-refractivity contribution in [3.8, 4) is 11.5 Å². The first-order valence-electron chi connectivity index (χ1n) is 7.94. The second kappa shape index (κ2) is 7.53. The average molecular weight is 337 g/mol. The van der Waals surface area contributed by atoms with E-state index in [-0.39, 0.29) is 6.03 Å². The van der Waals surface area contributed by atoms with Crippen LogP contribution in [0.3, 0.4) is 0 Å². The number of benzene rings is 2. The van der Waals surface area contributed by atoms with Crippen molar-refractivity contribution in [3.05, 3.63) is 54.7 Å². The molecule has 0 aliphatic rings. The summed E-state index contributed by atoms with van der Waals surface area (Å²) in [5, 5.41) is 6.53. The van der Waals surface area contributed by atoms with Gasteiger partial charge in [-0.25, -0.2) is 4.79 Å². The Balaban J connectivity index is 1.83. The number of amides is 2. The van der Waals surface area contributed by atoms with Gasteiger partial charge in [0.1, 0.15) is 11.3 Å². The lowest BCUT2D eigenvalue weighted by molar-refractivity contribution is 0.261. The smallest absolute Gasteiger partial charge is 0.323 e. The molecule has 0 bridgehead atoms. The van der Waals surface area contributed by atoms with E-state index in [1.807, 2.05) is 37.3 Å². The molecule has 0 radical (unpaired) electrons. The molecular formula is C19H19N3O3. The van der Waals surface area contributed by atoms with Gasteiger partial charge in [-0.15, -0.1) is 0 Å². The zero-order chi connectivity index (χ0) is 17.6. The van der Waals surface area contributed by atoms with E-state index >= 15 is 0 Å². The molecule has 1 heterocycles. The number of urea groups is 1. The van der Waals surface area contributed by atoms with Gasteiger partial charge in [-0.05, 0) is 31.2 Å². The Morgan fingerprint density at radius 1 is 1.04 bits per heavy atom. The number of ether oxygens (including phenoxy) is 2. The third kappa shape index (κ3) is 3.63. The van der Waals surface area contributed by atoms with E-state index in [2.05, 4.69) is 15.6 Å². The number of carbonyl (C=O) groups excluding carboxylic acids is 1. The zero-order valence-electron chi connectivity index (χ0n) is 14.1. The van der Waals surface area contributed by atoms with Crippen molar-refractivity contribution < 1.29 is 14.3 Å². The van der Waals surface area contributed by atoms with Crippen molar-refractivity contribution in [3.63, 3.8) is 0 Å². The molecular weight excluding hydrogens is 318 g/mol. The second-order valence-electron chi connectivity index (χ2n) is 5.23. The van der Waals surface area contributed by atoms with Crippen molar-refractivity contribution in [1.29, 1.82) is 0 Å². The van der Waals surface area contributed by atoms with Gasteiger partial charge in [0.05, 0.1) is 25.1 Å². The number of hydrogen-bond donors (Lipinski definition) is 2. The van der Waals surface area contributed by atoms with E-state index < -0.39 is 0 Å². The normalized spacial score (nSPS) is 10.3. The van der Waals surface area contributed by atoms with Gasteiger partial charge in [-0.3, -0.25) is 4.98 Å². The quantitative estimate of drug-likeness (QED) is 0.728. The highest BCUT2D eigenvalue weighted by Crippen LogP contribution is 2.32. The van der Waals surface area contributed by atoms with Crippen molar-refractivity contribution >= 4 is 28.3 Å². The zero-order valence-corrected chi connectivity index (χ0v) is 14.1. The van der Waals surface area contributed by atoms with Crippen LogP contribution < -0.4 is 20.1 Å². The molecule has 2 N–H and O–H groups in total. The summed E-state index contributed by atoms with van der Waals surface area (Å²) >= 11 is 0. The molecule has 25 heavy (non-hydrogen) atoms. The Labute approximate surface area is 145 Å². The maximum Gasteiger partial charge on any atom is 0.323 e. The van der Waals surface area contributed by atoms with Gasteiger partial charge in [0.15, 0.2) is 5.75 Å². The van der Waals surface area contributed by atoms with Crippen LogP contribution in [0.4, 0.5) is 16.2 Å². The van der Waals surface area contributed by atoms with Gasteiger partial charge >= 0.3 is 6.03 Å². The number of pyridine rings is 1. The number of para-hydroxylation sites is 2. The highest BCUT2D eigenvalue weighted by molar-refractivity contribution is 6.03. The van der Waals surface area contributed by atoms with Crippen LogP contribution in [0.1, 0.15) is 6.92 Å². The number of methoxy groups -OCH3 is 1. The van der Waals surface area contributed by atoms with Gasteiger partial charge in [0.25, 0.3) is 0 Å². The van der Waals surface area contributed by atoms with Crippen LogP contribution in [-0.2, 0) is 0 Å². The summed E-state index contributed by atoms with van der Waals surface area (Å²) in [4.78, 5) is 16.7. The molecule has 3 aromatic rings. The van der Waals surface area contributed by atoms with Crippen molar-refractivity contribution in [2.45, 2.75) is 6.92 Å². The minimum Gasteiger partial charge on any atom is -0.492 e. The summed E-state index contributed by atoms with van der Waals surface area (Å²) in [6.07, 6.45) is 1.69. The molecule has 0 unspecified atom stereocenters. The van der Waals surface area contributed by atoms with Crippen molar-refractivity contribution in [2.24, 2.45) is 0 Å². The predicted octanol–water partition coefficient (Wildman–Crippen LogP) is 4.29. The van der Waals surface area contributed by atoms with Gasteiger partial charge in [0.2, 0.25) is 0 Å². The van der Waals surface area contributed by atoms with E-state index in [1.165, 1.54) is 0 Å². The van der Waals surface area contributed by atoms with Crippen molar-refractivity contribution in [2.75, 3.05) is 24.4 Å². The molecule has 2 amide bonds. The minimum absolute atomic E-state index is 0.388. The van der Waals surface area contributed by atoms with E-state index in [0.29, 0.717) is 35.0 Å². The summed E-state index contributed by atoms with van der Waals surface area (Å²) in [7, 11) is 1.55. The van der Waals surface area contributed by atoms with Gasteiger partial charge < -0.3 is 20.1 Å². The first-order valence-corrected chi connectivity index (χ1v) is 7.94. The molecule has 6 heteroatoms. The number of aromatic nitrogens is 1. The van der Waals surface area contributed by atoms with Crippen molar-refractivity contribution in [1.82, 2.24) is 4.98 Å². The summed E-state index contributed by atoms with van der Waals surface area (Å²) in [6, 6.07) is 14.3. The lowest BCUT2D eigenvalue weighted by Gasteiger charge is -2.14. The third-order valence-electron chi connectivity index (χ3n) is 3.62. The number of carbonyl (C=O) groups is 1. The molecule has 1 aromatic heterocycles. The lowest BCUT2D eigenvalue weighted by atomic mass is 10.2. The Hall–Kier alpha value is -3.28. The van der Waals surface area contributed by atoms with Crippen LogP contribution >= 0.6 is 0 Å². The molecule has 0 fully saturated rings. The Morgan fingerprint density at radius 2 is 1.84 bits per heavy atom. The summed E-state index contributed by atoms with van der Waals surface area (Å²) in [5.41, 5.74) is 1.83. The molecule has 6 nitrogen and oxygen atoms in total. The van der Waals surface area contributed by atoms with E-state index in [9.17, 15) is 4.79 Å². The van der Waals surface area contributed by atoms with Crippen LogP contribution in [0.2, 0.25) is 0 Å². The summed E-state index contributed by atoms with van der Waals surface area (Å²) < 4.78 is 11.0. The van der Waals surface area contributed by atoms with Crippen LogP contribution in [0.15, 0.2) is 54.7 Å². The van der Waals surface area contributed by atoms with Crippen LogP contribution in [-0.4, -0.2) is 24.7 Å². The van der Waals surface area contributed by atoms with Gasteiger partial charge in [-0.1, -0.05) is 24.3 Å². The molecule has 128 valence electrons. The lowest BCUT2D eigenvalue weighted by Crippen LogP contribution is -2.20. The molecule has 0 atom stereocenters. The van der Waals surface area contributed by atoms with E-state index in [4.69, 9.17) is 9.47 Å². The number of nitrogens with one attached hydrogen (secondary N) is 2. The molecule has 0 aliphatic heterocycles. The standard InChI is InChI=1S/C19H19N3O3/c1-3-25-16-9-5-4-8-14(16)21-19(23)22-15-11-10-13-7-6-12-20-17(13)18(15)24-2/h4-12H,3H2,1-2H3,(H2,21,22,23). The Morgan fingerprint density at radius 3 is 2.64 bits per heavy atom. The summed E-state index contributed by atoms with van der Waals surface area (Å²) in [5.74, 6) is 1.14. The van der Waals surface area contributed by atoms with Crippen LogP contribution in [0, 0.1) is 0 Å². The molecule has 3 rings (SSSR count).